The van der Waals surface area contributed by atoms with Crippen molar-refractivity contribution in [3.8, 4) is 11.5 Å². The van der Waals surface area contributed by atoms with Gasteiger partial charge in [-0.05, 0) is 34.5 Å². The summed E-state index contributed by atoms with van der Waals surface area (Å²) in [7, 11) is 1.42. The Morgan fingerprint density at radius 2 is 2.27 bits per heavy atom. The normalized spacial score (nSPS) is 10.1. The summed E-state index contributed by atoms with van der Waals surface area (Å²) in [4.78, 5) is 11.5. The molecule has 0 amide bonds. The molecule has 0 saturated heterocycles. The van der Waals surface area contributed by atoms with Gasteiger partial charge in [-0.2, -0.15) is 0 Å². The van der Waals surface area contributed by atoms with Gasteiger partial charge in [-0.1, -0.05) is 0 Å². The Hall–Kier alpha value is -1.07. The Morgan fingerprint density at radius 3 is 2.73 bits per heavy atom. The average Bonchev–Trinajstić information content (AvgIpc) is 2.17. The van der Waals surface area contributed by atoms with Gasteiger partial charge in [0, 0.05) is 0 Å². The van der Waals surface area contributed by atoms with Crippen molar-refractivity contribution in [1.82, 2.24) is 0 Å². The van der Waals surface area contributed by atoms with E-state index in [9.17, 15) is 9.90 Å². The minimum Gasteiger partial charge on any atom is -0.504 e. The highest BCUT2D eigenvalue weighted by atomic mass is 79.9. The summed E-state index contributed by atoms with van der Waals surface area (Å²) in [5.41, 5.74) is 6.14. The number of benzene rings is 1. The number of carbonyl (C=O) groups excluding carboxylic acids is 1. The number of aryl methyl sites for hydroxylation is 1. The van der Waals surface area contributed by atoms with E-state index in [2.05, 4.69) is 15.9 Å². The summed E-state index contributed by atoms with van der Waals surface area (Å²) in [5.74, 6) is -0.229. The van der Waals surface area contributed by atoms with Gasteiger partial charge in [-0.25, -0.2) is 0 Å². The summed E-state index contributed by atoms with van der Waals surface area (Å²) < 4.78 is 5.58. The maximum absolute atomic E-state index is 11.5. The van der Waals surface area contributed by atoms with Gasteiger partial charge < -0.3 is 15.6 Å². The number of rotatable bonds is 3. The fraction of sp³-hybridized carbons (Fsp3) is 0.300. The second kappa shape index (κ2) is 4.63. The third-order valence-electron chi connectivity index (χ3n) is 2.07. The lowest BCUT2D eigenvalue weighted by molar-refractivity contribution is 0.0997. The number of hydrogen-bond acceptors (Lipinski definition) is 4. The molecule has 4 nitrogen and oxygen atoms in total. The van der Waals surface area contributed by atoms with Crippen molar-refractivity contribution in [3.63, 3.8) is 0 Å². The average molecular weight is 274 g/mol. The second-order valence-corrected chi connectivity index (χ2v) is 3.91. The molecule has 0 aliphatic rings. The molecule has 0 aliphatic carbocycles. The number of nitrogens with two attached hydrogens (primary N) is 1. The van der Waals surface area contributed by atoms with Crippen LogP contribution in [0.4, 0.5) is 0 Å². The molecule has 0 aromatic heterocycles. The van der Waals surface area contributed by atoms with Crippen LogP contribution in [0.2, 0.25) is 0 Å². The highest BCUT2D eigenvalue weighted by Crippen LogP contribution is 2.39. The molecule has 1 rings (SSSR count). The van der Waals surface area contributed by atoms with Crippen LogP contribution in [0, 0.1) is 6.92 Å². The Kier molecular flexibility index (Phi) is 3.71. The topological polar surface area (TPSA) is 72.5 Å². The third-order valence-corrected chi connectivity index (χ3v) is 2.66. The number of hydrogen-bond donors (Lipinski definition) is 2. The molecule has 82 valence electrons. The Labute approximate surface area is 96.2 Å². The molecule has 3 N–H and O–H groups in total. The molecule has 15 heavy (non-hydrogen) atoms. The maximum Gasteiger partial charge on any atom is 0.180 e. The number of methoxy groups -OCH3 is 1. The van der Waals surface area contributed by atoms with Crippen molar-refractivity contribution in [1.29, 1.82) is 0 Å². The first kappa shape index (κ1) is 12.0. The van der Waals surface area contributed by atoms with Gasteiger partial charge in [0.25, 0.3) is 0 Å². The molecule has 0 atom stereocenters. The zero-order valence-corrected chi connectivity index (χ0v) is 10.1. The summed E-state index contributed by atoms with van der Waals surface area (Å²) >= 11 is 3.24. The van der Waals surface area contributed by atoms with Crippen molar-refractivity contribution in [2.75, 3.05) is 13.7 Å². The number of carbonyl (C=O) groups is 1. The standard InChI is InChI=1S/C10H12BrNO3/c1-5-3-6(11)10(15-2)9(14)8(5)7(13)4-12/h3,14H,4,12H2,1-2H3. The van der Waals surface area contributed by atoms with Crippen LogP contribution in [-0.2, 0) is 0 Å². The summed E-state index contributed by atoms with van der Waals surface area (Å²) in [6, 6.07) is 1.71. The fourth-order valence-corrected chi connectivity index (χ4v) is 2.08. The first-order chi connectivity index (χ1) is 7.02. The first-order valence-corrected chi connectivity index (χ1v) is 5.11. The molecule has 0 fully saturated rings. The van der Waals surface area contributed by atoms with E-state index in [1.54, 1.807) is 13.0 Å². The lowest BCUT2D eigenvalue weighted by Gasteiger charge is -2.12. The van der Waals surface area contributed by atoms with Crippen molar-refractivity contribution in [3.05, 3.63) is 21.7 Å². The zero-order valence-electron chi connectivity index (χ0n) is 8.50. The predicted molar refractivity (Wildman–Crippen MR) is 60.5 cm³/mol. The quantitative estimate of drug-likeness (QED) is 0.821. The Balaban J connectivity index is 3.45. The van der Waals surface area contributed by atoms with Crippen LogP contribution in [0.15, 0.2) is 10.5 Å². The highest BCUT2D eigenvalue weighted by Gasteiger charge is 2.19. The number of aromatic hydroxyl groups is 1. The fourth-order valence-electron chi connectivity index (χ4n) is 1.39. The van der Waals surface area contributed by atoms with Gasteiger partial charge >= 0.3 is 0 Å². The van der Waals surface area contributed by atoms with Crippen molar-refractivity contribution < 1.29 is 14.6 Å². The van der Waals surface area contributed by atoms with E-state index in [1.165, 1.54) is 7.11 Å². The number of Topliss-reactive ketones (excluding diaryl/α,β-unsaturated/α-hetero) is 1. The summed E-state index contributed by atoms with van der Waals surface area (Å²) in [6.45, 7) is 1.59. The molecular weight excluding hydrogens is 262 g/mol. The van der Waals surface area contributed by atoms with Gasteiger partial charge in [0.1, 0.15) is 0 Å². The molecule has 0 unspecified atom stereocenters. The monoisotopic (exact) mass is 273 g/mol. The smallest absolute Gasteiger partial charge is 0.180 e. The van der Waals surface area contributed by atoms with Crippen molar-refractivity contribution in [2.24, 2.45) is 5.73 Å². The summed E-state index contributed by atoms with van der Waals surface area (Å²) in [6.07, 6.45) is 0. The van der Waals surface area contributed by atoms with E-state index >= 15 is 0 Å². The van der Waals surface area contributed by atoms with E-state index in [4.69, 9.17) is 10.5 Å². The van der Waals surface area contributed by atoms with Crippen LogP contribution < -0.4 is 10.5 Å². The SMILES string of the molecule is COc1c(Br)cc(C)c(C(=O)CN)c1O. The minimum atomic E-state index is -0.309. The molecule has 0 radical (unpaired) electrons. The minimum absolute atomic E-state index is 0.140. The van der Waals surface area contributed by atoms with Gasteiger partial charge in [-0.15, -0.1) is 0 Å². The van der Waals surface area contributed by atoms with Crippen LogP contribution in [0.25, 0.3) is 0 Å². The third kappa shape index (κ3) is 2.13. The molecule has 0 spiro atoms. The van der Waals surface area contributed by atoms with Gasteiger partial charge in [0.2, 0.25) is 0 Å². The van der Waals surface area contributed by atoms with Crippen molar-refractivity contribution in [2.45, 2.75) is 6.92 Å². The van der Waals surface area contributed by atoms with Gasteiger partial charge in [0.05, 0.1) is 23.7 Å². The number of phenolic OH excluding ortho intramolecular Hbond substituents is 1. The van der Waals surface area contributed by atoms with E-state index in [-0.39, 0.29) is 29.4 Å². The number of halogens is 1. The molecule has 0 aliphatic heterocycles. The summed E-state index contributed by atoms with van der Waals surface area (Å²) in [5, 5.41) is 9.82. The molecule has 0 heterocycles. The Bertz CT molecular complexity index is 404. The van der Waals surface area contributed by atoms with Crippen LogP contribution in [0.1, 0.15) is 15.9 Å². The lowest BCUT2D eigenvalue weighted by Crippen LogP contribution is -2.15. The largest absolute Gasteiger partial charge is 0.504 e. The lowest BCUT2D eigenvalue weighted by atomic mass is 10.0. The Morgan fingerprint density at radius 1 is 1.67 bits per heavy atom. The van der Waals surface area contributed by atoms with Gasteiger partial charge in [0.15, 0.2) is 17.3 Å². The number of ether oxygens (including phenoxy) is 1. The van der Waals surface area contributed by atoms with E-state index < -0.39 is 0 Å². The van der Waals surface area contributed by atoms with E-state index in [1.807, 2.05) is 0 Å². The molecule has 0 saturated carbocycles. The van der Waals surface area contributed by atoms with Gasteiger partial charge in [-0.3, -0.25) is 4.79 Å². The van der Waals surface area contributed by atoms with Crippen LogP contribution in [-0.4, -0.2) is 24.5 Å². The molecule has 1 aromatic rings. The van der Waals surface area contributed by atoms with E-state index in [0.29, 0.717) is 10.0 Å². The first-order valence-electron chi connectivity index (χ1n) is 4.32. The molecule has 0 bridgehead atoms. The van der Waals surface area contributed by atoms with Crippen molar-refractivity contribution >= 4 is 21.7 Å². The molecule has 5 heteroatoms. The highest BCUT2D eigenvalue weighted by molar-refractivity contribution is 9.10. The van der Waals surface area contributed by atoms with Crippen LogP contribution in [0.5, 0.6) is 11.5 Å². The molecule has 1 aromatic carbocycles. The predicted octanol–water partition coefficient (Wildman–Crippen LogP) is 1.61. The second-order valence-electron chi connectivity index (χ2n) is 3.06. The maximum atomic E-state index is 11.5. The number of phenols is 1. The zero-order chi connectivity index (χ0) is 11.6. The van der Waals surface area contributed by atoms with Crippen LogP contribution in [0.3, 0.4) is 0 Å². The van der Waals surface area contributed by atoms with E-state index in [0.717, 1.165) is 0 Å². The number of ketones is 1. The molecular formula is C10H12BrNO3. The van der Waals surface area contributed by atoms with Crippen LogP contribution >= 0.6 is 15.9 Å².